The zero-order chi connectivity index (χ0) is 12.8. The van der Waals surface area contributed by atoms with Crippen LogP contribution >= 0.6 is 11.8 Å². The van der Waals surface area contributed by atoms with Gasteiger partial charge in [0.15, 0.2) is 5.12 Å². The van der Waals surface area contributed by atoms with E-state index in [2.05, 4.69) is 0 Å². The average molecular weight is 252 g/mol. The second kappa shape index (κ2) is 6.45. The smallest absolute Gasteiger partial charge is 0.307 e. The highest BCUT2D eigenvalue weighted by Crippen LogP contribution is 2.16. The van der Waals surface area contributed by atoms with Crippen molar-refractivity contribution < 1.29 is 14.7 Å². The van der Waals surface area contributed by atoms with Crippen LogP contribution in [0.5, 0.6) is 0 Å². The summed E-state index contributed by atoms with van der Waals surface area (Å²) in [6.45, 7) is 3.44. The van der Waals surface area contributed by atoms with Crippen LogP contribution in [-0.2, 0) is 16.0 Å². The molecule has 17 heavy (non-hydrogen) atoms. The number of aryl methyl sites for hydroxylation is 1. The molecule has 0 bridgehead atoms. The van der Waals surface area contributed by atoms with Gasteiger partial charge in [0.25, 0.3) is 0 Å². The van der Waals surface area contributed by atoms with E-state index >= 15 is 0 Å². The van der Waals surface area contributed by atoms with Crippen molar-refractivity contribution in [2.24, 2.45) is 5.92 Å². The van der Waals surface area contributed by atoms with Crippen LogP contribution in [0.4, 0.5) is 0 Å². The van der Waals surface area contributed by atoms with Crippen LogP contribution in [0, 0.1) is 12.8 Å². The van der Waals surface area contributed by atoms with Gasteiger partial charge < -0.3 is 5.11 Å². The monoisotopic (exact) mass is 252 g/mol. The van der Waals surface area contributed by atoms with Crippen molar-refractivity contribution in [2.75, 3.05) is 5.75 Å². The van der Waals surface area contributed by atoms with Crippen molar-refractivity contribution in [1.82, 2.24) is 0 Å². The molecule has 4 heteroatoms. The molecular formula is C13H16O3S. The van der Waals surface area contributed by atoms with Gasteiger partial charge in [0.1, 0.15) is 0 Å². The molecule has 0 aromatic heterocycles. The van der Waals surface area contributed by atoms with Gasteiger partial charge in [-0.2, -0.15) is 0 Å². The lowest BCUT2D eigenvalue weighted by molar-refractivity contribution is -0.140. The van der Waals surface area contributed by atoms with E-state index < -0.39 is 11.9 Å². The Morgan fingerprint density at radius 2 is 1.88 bits per heavy atom. The number of hydrogen-bond donors (Lipinski definition) is 1. The van der Waals surface area contributed by atoms with Gasteiger partial charge >= 0.3 is 5.97 Å². The Kier molecular flexibility index (Phi) is 5.22. The molecule has 0 aliphatic carbocycles. The molecule has 0 heterocycles. The highest BCUT2D eigenvalue weighted by molar-refractivity contribution is 8.13. The van der Waals surface area contributed by atoms with Crippen molar-refractivity contribution in [3.63, 3.8) is 0 Å². The minimum Gasteiger partial charge on any atom is -0.481 e. The van der Waals surface area contributed by atoms with E-state index in [0.29, 0.717) is 12.2 Å². The van der Waals surface area contributed by atoms with Crippen LogP contribution < -0.4 is 0 Å². The summed E-state index contributed by atoms with van der Waals surface area (Å²) in [4.78, 5) is 21.9. The summed E-state index contributed by atoms with van der Waals surface area (Å²) in [6, 6.07) is 7.80. The maximum absolute atomic E-state index is 11.1. The molecule has 0 radical (unpaired) electrons. The minimum atomic E-state index is -0.848. The molecule has 92 valence electrons. The molecule has 0 aliphatic heterocycles. The number of thioether (sulfide) groups is 1. The first kappa shape index (κ1) is 13.8. The van der Waals surface area contributed by atoms with E-state index in [1.54, 1.807) is 0 Å². The number of carbonyl (C=O) groups is 2. The van der Waals surface area contributed by atoms with Gasteiger partial charge in [0.05, 0.1) is 5.92 Å². The number of hydrogen-bond acceptors (Lipinski definition) is 3. The predicted octanol–water partition coefficient (Wildman–Crippen LogP) is 2.52. The molecule has 1 N–H and O–H groups in total. The Balaban J connectivity index is 2.63. The van der Waals surface area contributed by atoms with Gasteiger partial charge in [-0.1, -0.05) is 41.6 Å². The first-order valence-corrected chi connectivity index (χ1v) is 6.39. The zero-order valence-corrected chi connectivity index (χ0v) is 10.8. The molecule has 0 saturated heterocycles. The van der Waals surface area contributed by atoms with Crippen molar-refractivity contribution in [3.8, 4) is 0 Å². The summed E-state index contributed by atoms with van der Waals surface area (Å²) in [6.07, 6.45) is 0.468. The van der Waals surface area contributed by atoms with Crippen molar-refractivity contribution >= 4 is 22.8 Å². The lowest BCUT2D eigenvalue weighted by Crippen LogP contribution is -2.19. The third kappa shape index (κ3) is 5.04. The number of aliphatic carboxylic acids is 1. The molecule has 1 aromatic carbocycles. The van der Waals surface area contributed by atoms with E-state index in [-0.39, 0.29) is 5.12 Å². The van der Waals surface area contributed by atoms with E-state index in [9.17, 15) is 9.59 Å². The fourth-order valence-corrected chi connectivity index (χ4v) is 2.14. The number of benzene rings is 1. The molecule has 0 spiro atoms. The van der Waals surface area contributed by atoms with Crippen LogP contribution in [0.3, 0.4) is 0 Å². The standard InChI is InChI=1S/C13H16O3S/c1-9-3-5-11(6-4-9)7-12(13(15)16)8-17-10(2)14/h3-6,12H,7-8H2,1-2H3,(H,15,16)/t12-/m1/s1. The SMILES string of the molecule is CC(=O)SC[C@@H](Cc1ccc(C)cc1)C(=O)O. The number of rotatable bonds is 5. The summed E-state index contributed by atoms with van der Waals surface area (Å²) in [5, 5.41) is 9.04. The van der Waals surface area contributed by atoms with Gasteiger partial charge in [-0.25, -0.2) is 0 Å². The Labute approximate surface area is 105 Å². The number of carbonyl (C=O) groups excluding carboxylic acids is 1. The molecule has 3 nitrogen and oxygen atoms in total. The highest BCUT2D eigenvalue weighted by Gasteiger charge is 2.18. The van der Waals surface area contributed by atoms with Gasteiger partial charge in [0.2, 0.25) is 0 Å². The van der Waals surface area contributed by atoms with Crippen molar-refractivity contribution in [1.29, 1.82) is 0 Å². The maximum atomic E-state index is 11.1. The lowest BCUT2D eigenvalue weighted by Gasteiger charge is -2.11. The molecule has 1 rings (SSSR count). The summed E-state index contributed by atoms with van der Waals surface area (Å²) in [5.41, 5.74) is 2.14. The zero-order valence-electron chi connectivity index (χ0n) is 9.97. The minimum absolute atomic E-state index is 0.0415. The Morgan fingerprint density at radius 3 is 2.35 bits per heavy atom. The Hall–Kier alpha value is -1.29. The van der Waals surface area contributed by atoms with E-state index in [1.165, 1.54) is 6.92 Å². The summed E-state index contributed by atoms with van der Waals surface area (Å²) >= 11 is 1.07. The summed E-state index contributed by atoms with van der Waals surface area (Å²) < 4.78 is 0. The molecular weight excluding hydrogens is 236 g/mol. The lowest BCUT2D eigenvalue weighted by atomic mass is 10.0. The van der Waals surface area contributed by atoms with Crippen LogP contribution in [0.1, 0.15) is 18.1 Å². The first-order valence-electron chi connectivity index (χ1n) is 5.40. The molecule has 0 saturated carbocycles. The fraction of sp³-hybridized carbons (Fsp3) is 0.385. The molecule has 0 amide bonds. The number of carboxylic acids is 1. The second-order valence-corrected chi connectivity index (χ2v) is 5.22. The Bertz CT molecular complexity index is 398. The van der Waals surface area contributed by atoms with Crippen LogP contribution in [0.25, 0.3) is 0 Å². The molecule has 1 aromatic rings. The third-order valence-electron chi connectivity index (χ3n) is 2.44. The van der Waals surface area contributed by atoms with Gasteiger partial charge in [-0.05, 0) is 18.9 Å². The normalized spacial score (nSPS) is 12.1. The van der Waals surface area contributed by atoms with Crippen molar-refractivity contribution in [2.45, 2.75) is 20.3 Å². The average Bonchev–Trinajstić information content (AvgIpc) is 2.26. The maximum Gasteiger partial charge on any atom is 0.307 e. The quantitative estimate of drug-likeness (QED) is 0.875. The van der Waals surface area contributed by atoms with Crippen LogP contribution in [0.15, 0.2) is 24.3 Å². The summed E-state index contributed by atoms with van der Waals surface area (Å²) in [5.74, 6) is -1.02. The molecule has 0 fully saturated rings. The largest absolute Gasteiger partial charge is 0.481 e. The second-order valence-electron chi connectivity index (χ2n) is 4.03. The Morgan fingerprint density at radius 1 is 1.29 bits per heavy atom. The molecule has 0 aliphatic rings. The topological polar surface area (TPSA) is 54.4 Å². The van der Waals surface area contributed by atoms with Crippen LogP contribution in [0.2, 0.25) is 0 Å². The van der Waals surface area contributed by atoms with Gasteiger partial charge in [-0.15, -0.1) is 0 Å². The predicted molar refractivity (Wildman–Crippen MR) is 69.1 cm³/mol. The first-order chi connectivity index (χ1) is 7.99. The van der Waals surface area contributed by atoms with E-state index in [1.807, 2.05) is 31.2 Å². The van der Waals surface area contributed by atoms with E-state index in [4.69, 9.17) is 5.11 Å². The van der Waals surface area contributed by atoms with E-state index in [0.717, 1.165) is 22.9 Å². The van der Waals surface area contributed by atoms with Crippen LogP contribution in [-0.4, -0.2) is 21.9 Å². The van der Waals surface area contributed by atoms with Gasteiger partial charge in [0, 0.05) is 12.7 Å². The molecule has 0 unspecified atom stereocenters. The van der Waals surface area contributed by atoms with Gasteiger partial charge in [-0.3, -0.25) is 9.59 Å². The molecule has 1 atom stereocenters. The third-order valence-corrected chi connectivity index (χ3v) is 3.42. The summed E-state index contributed by atoms with van der Waals surface area (Å²) in [7, 11) is 0. The highest BCUT2D eigenvalue weighted by atomic mass is 32.2. The van der Waals surface area contributed by atoms with Crippen molar-refractivity contribution in [3.05, 3.63) is 35.4 Å². The fourth-order valence-electron chi connectivity index (χ4n) is 1.44. The number of carboxylic acid groups (broad SMARTS) is 1.